The van der Waals surface area contributed by atoms with Gasteiger partial charge in [0, 0.05) is 11.8 Å². The van der Waals surface area contributed by atoms with Gasteiger partial charge in [-0.3, -0.25) is 0 Å². The van der Waals surface area contributed by atoms with Gasteiger partial charge in [0.2, 0.25) is 6.43 Å². The van der Waals surface area contributed by atoms with Crippen LogP contribution >= 0.6 is 36.0 Å². The first-order chi connectivity index (χ1) is 18.7. The predicted molar refractivity (Wildman–Crippen MR) is 137 cm³/mol. The topological polar surface area (TPSA) is 53.9 Å². The van der Waals surface area contributed by atoms with Crippen LogP contribution in [-0.2, 0) is 22.4 Å². The number of nitrogens with zero attached hydrogens (tertiary/aromatic N) is 2. The van der Waals surface area contributed by atoms with Crippen LogP contribution in [0.2, 0.25) is 10.0 Å². The molecule has 2 aliphatic heterocycles. The maximum atomic E-state index is 15.1. The first-order valence-corrected chi connectivity index (χ1v) is 13.0. The second-order valence-corrected chi connectivity index (χ2v) is 11.1. The van der Waals surface area contributed by atoms with Crippen molar-refractivity contribution in [2.24, 2.45) is 10.3 Å². The highest BCUT2D eigenvalue weighted by atomic mass is 35.5. The first-order valence-electron chi connectivity index (χ1n) is 11.9. The summed E-state index contributed by atoms with van der Waals surface area (Å²) in [4.78, 5) is 13.2. The Morgan fingerprint density at radius 3 is 2.40 bits per heavy atom. The molecule has 3 unspecified atom stereocenters. The number of nitrogens with one attached hydrogen (secondary N) is 1. The van der Waals surface area contributed by atoms with Gasteiger partial charge in [-0.05, 0) is 53.3 Å². The molecule has 2 heterocycles. The number of rotatable bonds is 6. The number of urea groups is 1. The average Bonchev–Trinajstić information content (AvgIpc) is 3.28. The normalized spacial score (nSPS) is 25.3. The molecular formula is C25H20Cl2F7N3O2S. The van der Waals surface area contributed by atoms with Gasteiger partial charge in [0.1, 0.15) is 18.3 Å². The number of hydrogen-bond donors (Lipinski definition) is 2. The number of amides is 2. The highest BCUT2D eigenvalue weighted by Gasteiger charge is 2.71. The summed E-state index contributed by atoms with van der Waals surface area (Å²) in [6, 6.07) is 6.28. The Balaban J connectivity index is 1.37. The van der Waals surface area contributed by atoms with E-state index in [1.165, 1.54) is 4.90 Å². The molecule has 5 nitrogen and oxygen atoms in total. The van der Waals surface area contributed by atoms with E-state index in [0.29, 0.717) is 16.7 Å². The van der Waals surface area contributed by atoms with Crippen LogP contribution in [0.4, 0.5) is 35.5 Å². The molecule has 2 aromatic rings. The number of carbonyl (C=O) groups excluding carboxylic acids is 1. The lowest BCUT2D eigenvalue weighted by atomic mass is 9.82. The van der Waals surface area contributed by atoms with Gasteiger partial charge < -0.3 is 15.0 Å². The standard InChI is InChI=1S/C25H20Cl2F7N3O2S/c26-15-4-13(5-16(27)19(15)28)24(18(20(24)29)21(30)31)6-17(36-40)11-1-2-14-12(3-11)7-39-23(14)9-37(10-23)22(38)35-8-25(32,33)34/h1-5,18,20-21,40H,6-10H2,(H,35,38)/b36-17+. The highest BCUT2D eigenvalue weighted by molar-refractivity contribution is 7.79. The fourth-order valence-electron chi connectivity index (χ4n) is 5.63. The summed E-state index contributed by atoms with van der Waals surface area (Å²) in [5.74, 6) is -2.66. The maximum Gasteiger partial charge on any atom is 0.405 e. The summed E-state index contributed by atoms with van der Waals surface area (Å²) in [5, 5.41) is 0.952. The van der Waals surface area contributed by atoms with E-state index in [-0.39, 0.29) is 37.4 Å². The van der Waals surface area contributed by atoms with Gasteiger partial charge in [0.05, 0.1) is 41.4 Å². The lowest BCUT2D eigenvalue weighted by molar-refractivity contribution is -0.132. The molecule has 2 fully saturated rings. The summed E-state index contributed by atoms with van der Waals surface area (Å²) < 4.78 is 104. The minimum absolute atomic E-state index is 0.0120. The molecular weight excluding hydrogens is 610 g/mol. The van der Waals surface area contributed by atoms with Crippen molar-refractivity contribution in [2.45, 2.75) is 42.8 Å². The summed E-state index contributed by atoms with van der Waals surface area (Å²) in [5.41, 5.74) is -0.644. The van der Waals surface area contributed by atoms with Gasteiger partial charge >= 0.3 is 12.2 Å². The number of fused-ring (bicyclic) bond motifs is 2. The van der Waals surface area contributed by atoms with Crippen LogP contribution in [-0.4, -0.2) is 55.1 Å². The quantitative estimate of drug-likeness (QED) is 0.163. The second-order valence-electron chi connectivity index (χ2n) is 10.1. The number of halogens is 9. The van der Waals surface area contributed by atoms with Crippen LogP contribution in [0.15, 0.2) is 34.7 Å². The van der Waals surface area contributed by atoms with Crippen molar-refractivity contribution in [1.29, 1.82) is 0 Å². The van der Waals surface area contributed by atoms with E-state index in [2.05, 4.69) is 17.2 Å². The largest absolute Gasteiger partial charge is 0.405 e. The predicted octanol–water partition coefficient (Wildman–Crippen LogP) is 6.64. The van der Waals surface area contributed by atoms with Crippen molar-refractivity contribution in [3.63, 3.8) is 0 Å². The first kappa shape index (κ1) is 29.3. The number of likely N-dealkylation sites (tertiary alicyclic amines) is 1. The van der Waals surface area contributed by atoms with Gasteiger partial charge in [0.25, 0.3) is 0 Å². The molecule has 0 radical (unpaired) electrons. The molecule has 3 atom stereocenters. The number of hydrogen-bond acceptors (Lipinski definition) is 4. The van der Waals surface area contributed by atoms with Crippen LogP contribution in [0, 0.1) is 11.7 Å². The molecule has 1 spiro atoms. The Bertz CT molecular complexity index is 1360. The lowest BCUT2D eigenvalue weighted by Crippen LogP contribution is -2.63. The number of thiol groups is 1. The Kier molecular flexibility index (Phi) is 7.50. The SMILES string of the molecule is O=C(NCC(F)(F)F)N1CC2(C1)OCc1cc(/C(CC3(c4cc(Cl)c(F)c(Cl)c4)C(F)C3C(F)F)=N/S)ccc12. The third-order valence-corrected chi connectivity index (χ3v) is 8.51. The molecule has 2 aromatic carbocycles. The third-order valence-electron chi connectivity index (χ3n) is 7.72. The van der Waals surface area contributed by atoms with Crippen LogP contribution in [0.25, 0.3) is 0 Å². The van der Waals surface area contributed by atoms with E-state index < -0.39 is 64.1 Å². The Morgan fingerprint density at radius 1 is 1.20 bits per heavy atom. The zero-order valence-electron chi connectivity index (χ0n) is 20.2. The number of carbonyl (C=O) groups is 1. The van der Waals surface area contributed by atoms with Crippen LogP contribution in [0.3, 0.4) is 0 Å². The number of alkyl halides is 6. The molecule has 0 bridgehead atoms. The van der Waals surface area contributed by atoms with Gasteiger partial charge in [-0.1, -0.05) is 35.3 Å². The molecule has 1 saturated heterocycles. The molecule has 1 aliphatic carbocycles. The van der Waals surface area contributed by atoms with Crippen molar-refractivity contribution in [2.75, 3.05) is 19.6 Å². The van der Waals surface area contributed by atoms with Gasteiger partial charge in [-0.25, -0.2) is 26.8 Å². The molecule has 3 aliphatic rings. The summed E-state index contributed by atoms with van der Waals surface area (Å²) in [6.45, 7) is -1.27. The van der Waals surface area contributed by atoms with E-state index in [9.17, 15) is 31.1 Å². The average molecular weight is 630 g/mol. The summed E-state index contributed by atoms with van der Waals surface area (Å²) in [6.07, 6.45) is -9.87. The molecule has 15 heteroatoms. The molecule has 216 valence electrons. The van der Waals surface area contributed by atoms with Gasteiger partial charge in [-0.15, -0.1) is 0 Å². The molecule has 0 aromatic heterocycles. The Morgan fingerprint density at radius 2 is 1.85 bits per heavy atom. The summed E-state index contributed by atoms with van der Waals surface area (Å²) in [7, 11) is 0. The molecule has 1 saturated carbocycles. The minimum Gasteiger partial charge on any atom is -0.362 e. The van der Waals surface area contributed by atoms with E-state index in [1.54, 1.807) is 18.2 Å². The smallest absolute Gasteiger partial charge is 0.362 e. The van der Waals surface area contributed by atoms with E-state index in [1.807, 2.05) is 5.32 Å². The van der Waals surface area contributed by atoms with Crippen LogP contribution in [0.1, 0.15) is 28.7 Å². The second kappa shape index (κ2) is 10.2. The van der Waals surface area contributed by atoms with Crippen molar-refractivity contribution < 1.29 is 40.3 Å². The van der Waals surface area contributed by atoms with Crippen molar-refractivity contribution >= 4 is 47.8 Å². The number of benzene rings is 2. The van der Waals surface area contributed by atoms with Crippen molar-refractivity contribution in [1.82, 2.24) is 10.2 Å². The molecule has 40 heavy (non-hydrogen) atoms. The van der Waals surface area contributed by atoms with E-state index in [4.69, 9.17) is 27.9 Å². The molecule has 1 N–H and O–H groups in total. The monoisotopic (exact) mass is 629 g/mol. The zero-order chi connectivity index (χ0) is 29.2. The zero-order valence-corrected chi connectivity index (χ0v) is 22.6. The van der Waals surface area contributed by atoms with Crippen LogP contribution < -0.4 is 5.32 Å². The highest BCUT2D eigenvalue weighted by Crippen LogP contribution is 2.62. The third kappa shape index (κ3) is 4.92. The maximum absolute atomic E-state index is 15.1. The van der Waals surface area contributed by atoms with E-state index in [0.717, 1.165) is 12.1 Å². The van der Waals surface area contributed by atoms with Crippen molar-refractivity contribution in [3.05, 3.63) is 68.4 Å². The van der Waals surface area contributed by atoms with E-state index >= 15 is 4.39 Å². The van der Waals surface area contributed by atoms with Crippen LogP contribution in [0.5, 0.6) is 0 Å². The lowest BCUT2D eigenvalue weighted by Gasteiger charge is -2.47. The Labute approximate surface area is 239 Å². The molecule has 2 amide bonds. The molecule has 5 rings (SSSR count). The Hall–Kier alpha value is -2.22. The van der Waals surface area contributed by atoms with Gasteiger partial charge in [0.15, 0.2) is 5.82 Å². The number of ether oxygens (including phenoxy) is 1. The fourth-order valence-corrected chi connectivity index (χ4v) is 6.31. The summed E-state index contributed by atoms with van der Waals surface area (Å²) >= 11 is 15.8. The van der Waals surface area contributed by atoms with Gasteiger partial charge in [-0.2, -0.15) is 13.2 Å². The van der Waals surface area contributed by atoms with Crippen molar-refractivity contribution in [3.8, 4) is 0 Å². The minimum atomic E-state index is -4.54. The fraction of sp³-hybridized carbons (Fsp3) is 0.440.